The maximum Gasteiger partial charge on any atom is 0.245 e. The summed E-state index contributed by atoms with van der Waals surface area (Å²) in [4.78, 5) is 18.9. The number of hydrogen-bond acceptors (Lipinski definition) is 7. The predicted octanol–water partition coefficient (Wildman–Crippen LogP) is 5.08. The topological polar surface area (TPSA) is 103 Å². The number of β-amino-alcohol motifs (C(OH)–C–C–N with tert-alkyl or cyclic N) is 1. The van der Waals surface area contributed by atoms with Crippen molar-refractivity contribution in [3.8, 4) is 11.1 Å². The highest BCUT2D eigenvalue weighted by molar-refractivity contribution is 6.45. The second-order valence-electron chi connectivity index (χ2n) is 13.2. The number of benzene rings is 1. The lowest BCUT2D eigenvalue weighted by Crippen LogP contribution is -2.52. The van der Waals surface area contributed by atoms with Gasteiger partial charge in [0.2, 0.25) is 5.91 Å². The molecule has 6 rings (SSSR count). The van der Waals surface area contributed by atoms with Gasteiger partial charge < -0.3 is 19.6 Å². The highest BCUT2D eigenvalue weighted by Gasteiger charge is 2.40. The Labute approximate surface area is 268 Å². The third-order valence-electron chi connectivity index (χ3n) is 9.70. The Morgan fingerprint density at radius 2 is 1.98 bits per heavy atom. The normalized spacial score (nSPS) is 23.7. The fraction of sp³-hybridized carbons (Fsp3) is 0.594. The molecule has 2 atom stereocenters. The van der Waals surface area contributed by atoms with Gasteiger partial charge in [-0.15, -0.1) is 0 Å². The molecule has 12 heteroatoms. The molecule has 0 bridgehead atoms. The number of carbonyl (C=O) groups is 1. The van der Waals surface area contributed by atoms with Crippen molar-refractivity contribution in [2.45, 2.75) is 64.1 Å². The van der Waals surface area contributed by atoms with Crippen LogP contribution in [0.3, 0.4) is 0 Å². The standard InChI is InChI=1S/C32H43Cl2N7O3/c1-5-27(43)39-9-7-22(8-10-39)41-20(2)28(29-24-16-35-36-26(24)14-25(33)30(29)34)31(37-41)40-11-6-21(15-32(40,3)4)17-38-12-13-44-19-23(42)18-38/h5,14,16,21-23,42H,1,6-13,15,17-19H2,2-4H3,(H,35,36)/t21-,23+/m1/s1. The van der Waals surface area contributed by atoms with E-state index in [0.717, 1.165) is 78.9 Å². The highest BCUT2D eigenvalue weighted by atomic mass is 35.5. The van der Waals surface area contributed by atoms with Crippen molar-refractivity contribution in [2.75, 3.05) is 57.4 Å². The molecule has 5 heterocycles. The molecule has 2 aromatic heterocycles. The first-order valence-electron chi connectivity index (χ1n) is 15.6. The van der Waals surface area contributed by atoms with Crippen LogP contribution in [0, 0.1) is 12.8 Å². The second kappa shape index (κ2) is 12.6. The molecule has 0 radical (unpaired) electrons. The van der Waals surface area contributed by atoms with Gasteiger partial charge in [-0.25, -0.2) is 0 Å². The van der Waals surface area contributed by atoms with Crippen molar-refractivity contribution in [2.24, 2.45) is 5.92 Å². The number of piperidine rings is 2. The summed E-state index contributed by atoms with van der Waals surface area (Å²) >= 11 is 13.7. The van der Waals surface area contributed by atoms with Gasteiger partial charge in [0.15, 0.2) is 5.82 Å². The van der Waals surface area contributed by atoms with Crippen molar-refractivity contribution in [3.63, 3.8) is 0 Å². The fourth-order valence-electron chi connectivity index (χ4n) is 7.55. The summed E-state index contributed by atoms with van der Waals surface area (Å²) in [5.41, 5.74) is 3.48. The number of nitrogens with zero attached hydrogens (tertiary/aromatic N) is 6. The van der Waals surface area contributed by atoms with Crippen molar-refractivity contribution >= 4 is 45.8 Å². The Morgan fingerprint density at radius 3 is 2.70 bits per heavy atom. The van der Waals surface area contributed by atoms with Crippen molar-refractivity contribution < 1.29 is 14.6 Å². The zero-order valence-electron chi connectivity index (χ0n) is 25.9. The molecule has 44 heavy (non-hydrogen) atoms. The predicted molar refractivity (Wildman–Crippen MR) is 175 cm³/mol. The number of ether oxygens (including phenoxy) is 1. The Kier molecular flexibility index (Phi) is 9.01. The quantitative estimate of drug-likeness (QED) is 0.361. The molecule has 0 aliphatic carbocycles. The first-order valence-corrected chi connectivity index (χ1v) is 16.4. The van der Waals surface area contributed by atoms with Crippen LogP contribution >= 0.6 is 23.2 Å². The molecular weight excluding hydrogens is 601 g/mol. The summed E-state index contributed by atoms with van der Waals surface area (Å²) in [7, 11) is 0. The molecule has 1 amide bonds. The van der Waals surface area contributed by atoms with E-state index in [1.165, 1.54) is 6.08 Å². The molecule has 3 aliphatic heterocycles. The van der Waals surface area contributed by atoms with E-state index in [0.29, 0.717) is 48.8 Å². The van der Waals surface area contributed by atoms with Crippen LogP contribution in [0.5, 0.6) is 0 Å². The minimum Gasteiger partial charge on any atom is -0.389 e. The number of aromatic amines is 1. The number of likely N-dealkylation sites (tertiary alicyclic amines) is 1. The van der Waals surface area contributed by atoms with Crippen LogP contribution in [0.15, 0.2) is 24.9 Å². The highest BCUT2D eigenvalue weighted by Crippen LogP contribution is 2.48. The van der Waals surface area contributed by atoms with Gasteiger partial charge in [-0.2, -0.15) is 10.2 Å². The van der Waals surface area contributed by atoms with Crippen molar-refractivity contribution in [3.05, 3.63) is 40.7 Å². The van der Waals surface area contributed by atoms with Crippen molar-refractivity contribution in [1.29, 1.82) is 0 Å². The first-order chi connectivity index (χ1) is 21.1. The van der Waals surface area contributed by atoms with Crippen LogP contribution in [-0.2, 0) is 9.53 Å². The van der Waals surface area contributed by atoms with E-state index in [4.69, 9.17) is 33.0 Å². The van der Waals surface area contributed by atoms with E-state index in [-0.39, 0.29) is 17.5 Å². The van der Waals surface area contributed by atoms with E-state index in [2.05, 4.69) is 52.0 Å². The van der Waals surface area contributed by atoms with Crippen LogP contribution < -0.4 is 4.90 Å². The van der Waals surface area contributed by atoms with E-state index < -0.39 is 6.10 Å². The first kappa shape index (κ1) is 31.4. The van der Waals surface area contributed by atoms with E-state index in [1.54, 1.807) is 0 Å². The summed E-state index contributed by atoms with van der Waals surface area (Å²) in [5, 5.41) is 24.9. The van der Waals surface area contributed by atoms with E-state index in [9.17, 15) is 9.90 Å². The number of anilines is 1. The summed E-state index contributed by atoms with van der Waals surface area (Å²) < 4.78 is 7.72. The number of rotatable bonds is 6. The maximum absolute atomic E-state index is 12.3. The molecule has 1 aromatic carbocycles. The molecule has 0 spiro atoms. The van der Waals surface area contributed by atoms with Gasteiger partial charge >= 0.3 is 0 Å². The maximum atomic E-state index is 12.3. The number of nitrogens with one attached hydrogen (secondary N) is 1. The molecule has 3 saturated heterocycles. The number of aliphatic hydroxyl groups excluding tert-OH is 1. The lowest BCUT2D eigenvalue weighted by molar-refractivity contribution is -0.127. The number of halogens is 2. The molecule has 2 N–H and O–H groups in total. The summed E-state index contributed by atoms with van der Waals surface area (Å²) in [6.07, 6.45) is 6.37. The van der Waals surface area contributed by atoms with E-state index >= 15 is 0 Å². The molecule has 10 nitrogen and oxygen atoms in total. The average molecular weight is 645 g/mol. The Morgan fingerprint density at radius 1 is 1.20 bits per heavy atom. The molecule has 3 aromatic rings. The molecular formula is C32H43Cl2N7O3. The Balaban J connectivity index is 1.36. The lowest BCUT2D eigenvalue weighted by atomic mass is 9.82. The smallest absolute Gasteiger partial charge is 0.245 e. The van der Waals surface area contributed by atoms with Gasteiger partial charge in [0.25, 0.3) is 0 Å². The second-order valence-corrected chi connectivity index (χ2v) is 14.0. The van der Waals surface area contributed by atoms with Crippen LogP contribution in [0.2, 0.25) is 10.0 Å². The Bertz CT molecular complexity index is 1530. The van der Waals surface area contributed by atoms with E-state index in [1.807, 2.05) is 17.2 Å². The van der Waals surface area contributed by atoms with Gasteiger partial charge in [-0.1, -0.05) is 29.8 Å². The van der Waals surface area contributed by atoms with Crippen LogP contribution in [-0.4, -0.2) is 105 Å². The van der Waals surface area contributed by atoms with Crippen molar-refractivity contribution in [1.82, 2.24) is 29.8 Å². The van der Waals surface area contributed by atoms with Crippen LogP contribution in [0.1, 0.15) is 51.3 Å². The minimum absolute atomic E-state index is 0.0260. The van der Waals surface area contributed by atoms with Gasteiger partial charge in [0.05, 0.1) is 47.1 Å². The zero-order chi connectivity index (χ0) is 31.2. The monoisotopic (exact) mass is 643 g/mol. The molecule has 0 unspecified atom stereocenters. The number of aromatic nitrogens is 4. The van der Waals surface area contributed by atoms with Gasteiger partial charge in [-0.3, -0.25) is 19.5 Å². The third kappa shape index (κ3) is 5.99. The Hall–Kier alpha value is -2.63. The number of fused-ring (bicyclic) bond motifs is 1. The summed E-state index contributed by atoms with van der Waals surface area (Å²) in [6.45, 7) is 16.0. The lowest BCUT2D eigenvalue weighted by Gasteiger charge is -2.47. The number of hydrogen-bond donors (Lipinski definition) is 2. The SMILES string of the molecule is C=CC(=O)N1CCC(n2nc(N3CC[C@@H](CN4CCOC[C@@H](O)C4)CC3(C)C)c(-c3c(Cl)c(Cl)cc4[nH]ncc34)c2C)CC1. The molecule has 0 saturated carbocycles. The van der Waals surface area contributed by atoms with Gasteiger partial charge in [-0.05, 0) is 64.5 Å². The molecule has 3 aliphatic rings. The molecule has 238 valence electrons. The number of carbonyl (C=O) groups excluding carboxylic acids is 1. The third-order valence-corrected chi connectivity index (χ3v) is 10.5. The largest absolute Gasteiger partial charge is 0.389 e. The van der Waals surface area contributed by atoms with Crippen LogP contribution in [0.25, 0.3) is 22.0 Å². The average Bonchev–Trinajstić information content (AvgIpc) is 3.52. The van der Waals surface area contributed by atoms with Crippen LogP contribution in [0.4, 0.5) is 5.82 Å². The molecule has 3 fully saturated rings. The fourth-order valence-corrected chi connectivity index (χ4v) is 8.00. The number of aliphatic hydroxyl groups is 1. The zero-order valence-corrected chi connectivity index (χ0v) is 27.4. The summed E-state index contributed by atoms with van der Waals surface area (Å²) in [6, 6.07) is 1.97. The minimum atomic E-state index is -0.441. The number of amides is 1. The number of H-pyrrole nitrogens is 1. The van der Waals surface area contributed by atoms with Gasteiger partial charge in [0, 0.05) is 67.0 Å². The van der Waals surface area contributed by atoms with Gasteiger partial charge in [0.1, 0.15) is 0 Å². The summed E-state index contributed by atoms with van der Waals surface area (Å²) in [5.74, 6) is 1.36.